The number of hydrogen-bond acceptors (Lipinski definition) is 3. The summed E-state index contributed by atoms with van der Waals surface area (Å²) in [5, 5.41) is 14.0. The molecule has 0 aliphatic carbocycles. The quantitative estimate of drug-likeness (QED) is 0.615. The zero-order chi connectivity index (χ0) is 12.2. The molecule has 0 saturated heterocycles. The van der Waals surface area contributed by atoms with E-state index in [1.54, 1.807) is 45.3 Å². The average molecular weight is 221 g/mol. The molecule has 1 N–H and O–H groups in total. The van der Waals surface area contributed by atoms with Gasteiger partial charge in [-0.05, 0) is 38.5 Å². The lowest BCUT2D eigenvalue weighted by Gasteiger charge is -2.27. The predicted molar refractivity (Wildman–Crippen MR) is 61.4 cm³/mol. The first-order valence-electron chi connectivity index (χ1n) is 4.88. The summed E-state index contributed by atoms with van der Waals surface area (Å²) in [7, 11) is 0. The van der Waals surface area contributed by atoms with Crippen molar-refractivity contribution >= 4 is 12.3 Å². The second-order valence-corrected chi connectivity index (χ2v) is 4.29. The maximum absolute atomic E-state index is 11.0. The summed E-state index contributed by atoms with van der Waals surface area (Å²) in [4.78, 5) is 14.8. The Morgan fingerprint density at radius 1 is 1.44 bits per heavy atom. The van der Waals surface area contributed by atoms with E-state index in [-0.39, 0.29) is 0 Å². The van der Waals surface area contributed by atoms with Crippen LogP contribution in [-0.4, -0.2) is 32.9 Å². The van der Waals surface area contributed by atoms with Crippen LogP contribution in [0.2, 0.25) is 0 Å². The van der Waals surface area contributed by atoms with Crippen LogP contribution in [0.5, 0.6) is 0 Å². The van der Waals surface area contributed by atoms with E-state index in [0.717, 1.165) is 10.6 Å². The molecule has 5 heteroatoms. The molecule has 0 radical (unpaired) electrons. The zero-order valence-corrected chi connectivity index (χ0v) is 9.58. The van der Waals surface area contributed by atoms with Gasteiger partial charge in [0.2, 0.25) is 0 Å². The Hall–Kier alpha value is -1.91. The standard InChI is InChI=1S/C11H15N3O2/c1-11(2,3)14(10(15)16)13-8-9-4-6-12-7-5-9/h4-8H,1-3H3,(H,15,16). The lowest BCUT2D eigenvalue weighted by atomic mass is 10.1. The van der Waals surface area contributed by atoms with Crippen LogP contribution in [-0.2, 0) is 0 Å². The van der Waals surface area contributed by atoms with Crippen LogP contribution in [0.25, 0.3) is 0 Å². The highest BCUT2D eigenvalue weighted by molar-refractivity contribution is 5.80. The topological polar surface area (TPSA) is 65.8 Å². The summed E-state index contributed by atoms with van der Waals surface area (Å²) in [6.07, 6.45) is 3.69. The highest BCUT2D eigenvalue weighted by Crippen LogP contribution is 2.13. The molecular weight excluding hydrogens is 206 g/mol. The molecule has 0 fully saturated rings. The number of carbonyl (C=O) groups is 1. The Bertz CT molecular complexity index is 382. The summed E-state index contributed by atoms with van der Waals surface area (Å²) < 4.78 is 0. The van der Waals surface area contributed by atoms with Gasteiger partial charge in [-0.15, -0.1) is 0 Å². The third-order valence-electron chi connectivity index (χ3n) is 1.84. The zero-order valence-electron chi connectivity index (χ0n) is 9.58. The second kappa shape index (κ2) is 4.74. The van der Waals surface area contributed by atoms with E-state index in [9.17, 15) is 4.79 Å². The molecule has 86 valence electrons. The van der Waals surface area contributed by atoms with Crippen LogP contribution in [0.3, 0.4) is 0 Å². The molecule has 0 bridgehead atoms. The number of amides is 1. The lowest BCUT2D eigenvalue weighted by Crippen LogP contribution is -2.41. The normalized spacial score (nSPS) is 11.7. The lowest BCUT2D eigenvalue weighted by molar-refractivity contribution is 0.103. The average Bonchev–Trinajstić information content (AvgIpc) is 2.17. The van der Waals surface area contributed by atoms with Crippen LogP contribution >= 0.6 is 0 Å². The van der Waals surface area contributed by atoms with Crippen molar-refractivity contribution in [3.63, 3.8) is 0 Å². The molecule has 0 aliphatic heterocycles. The van der Waals surface area contributed by atoms with Crippen molar-refractivity contribution < 1.29 is 9.90 Å². The maximum Gasteiger partial charge on any atom is 0.428 e. The second-order valence-electron chi connectivity index (χ2n) is 4.29. The van der Waals surface area contributed by atoms with E-state index in [1.807, 2.05) is 0 Å². The van der Waals surface area contributed by atoms with Crippen LogP contribution in [0.4, 0.5) is 4.79 Å². The summed E-state index contributed by atoms with van der Waals surface area (Å²) >= 11 is 0. The summed E-state index contributed by atoms with van der Waals surface area (Å²) in [6, 6.07) is 3.51. The van der Waals surface area contributed by atoms with Gasteiger partial charge in [-0.1, -0.05) is 0 Å². The number of nitrogens with zero attached hydrogens (tertiary/aromatic N) is 3. The van der Waals surface area contributed by atoms with Gasteiger partial charge < -0.3 is 5.11 Å². The Morgan fingerprint density at radius 2 is 2.00 bits per heavy atom. The van der Waals surface area contributed by atoms with Gasteiger partial charge in [-0.3, -0.25) is 4.98 Å². The smallest absolute Gasteiger partial charge is 0.428 e. The maximum atomic E-state index is 11.0. The van der Waals surface area contributed by atoms with Gasteiger partial charge in [0.1, 0.15) is 0 Å². The molecule has 1 amide bonds. The molecular formula is C11H15N3O2. The van der Waals surface area contributed by atoms with Crippen molar-refractivity contribution in [3.8, 4) is 0 Å². The number of aromatic nitrogens is 1. The third-order valence-corrected chi connectivity index (χ3v) is 1.84. The molecule has 1 aromatic heterocycles. The largest absolute Gasteiger partial charge is 0.464 e. The van der Waals surface area contributed by atoms with Crippen molar-refractivity contribution in [1.82, 2.24) is 9.99 Å². The van der Waals surface area contributed by atoms with E-state index < -0.39 is 11.6 Å². The van der Waals surface area contributed by atoms with Crippen LogP contribution in [0.1, 0.15) is 26.3 Å². The first-order valence-corrected chi connectivity index (χ1v) is 4.88. The first kappa shape index (κ1) is 12.2. The highest BCUT2D eigenvalue weighted by Gasteiger charge is 2.25. The fourth-order valence-electron chi connectivity index (χ4n) is 1.08. The molecule has 1 heterocycles. The van der Waals surface area contributed by atoms with Crippen molar-refractivity contribution in [3.05, 3.63) is 30.1 Å². The van der Waals surface area contributed by atoms with Crippen molar-refractivity contribution in [2.45, 2.75) is 26.3 Å². The minimum atomic E-state index is -1.07. The van der Waals surface area contributed by atoms with Crippen molar-refractivity contribution in [2.24, 2.45) is 5.10 Å². The highest BCUT2D eigenvalue weighted by atomic mass is 16.4. The third kappa shape index (κ3) is 3.34. The number of pyridine rings is 1. The Morgan fingerprint density at radius 3 is 2.44 bits per heavy atom. The minimum absolute atomic E-state index is 0.560. The van der Waals surface area contributed by atoms with Crippen LogP contribution < -0.4 is 0 Å². The first-order chi connectivity index (χ1) is 7.41. The minimum Gasteiger partial charge on any atom is -0.464 e. The number of rotatable bonds is 2. The van der Waals surface area contributed by atoms with E-state index in [0.29, 0.717) is 0 Å². The van der Waals surface area contributed by atoms with E-state index in [2.05, 4.69) is 10.1 Å². The van der Waals surface area contributed by atoms with Gasteiger partial charge in [0, 0.05) is 12.4 Å². The number of carboxylic acid groups (broad SMARTS) is 1. The van der Waals surface area contributed by atoms with Crippen LogP contribution in [0, 0.1) is 0 Å². The summed E-state index contributed by atoms with van der Waals surface area (Å²) in [5.74, 6) is 0. The fourth-order valence-corrected chi connectivity index (χ4v) is 1.08. The monoisotopic (exact) mass is 221 g/mol. The van der Waals surface area contributed by atoms with Gasteiger partial charge in [0.05, 0.1) is 11.8 Å². The fraction of sp³-hybridized carbons (Fsp3) is 0.364. The van der Waals surface area contributed by atoms with Gasteiger partial charge in [-0.25, -0.2) is 4.79 Å². The van der Waals surface area contributed by atoms with E-state index in [4.69, 9.17) is 5.11 Å². The van der Waals surface area contributed by atoms with Gasteiger partial charge >= 0.3 is 6.09 Å². The van der Waals surface area contributed by atoms with E-state index in [1.165, 1.54) is 6.21 Å². The molecule has 0 aliphatic rings. The molecule has 1 aromatic rings. The molecule has 0 atom stereocenters. The molecule has 5 nitrogen and oxygen atoms in total. The van der Waals surface area contributed by atoms with Gasteiger partial charge in [-0.2, -0.15) is 10.1 Å². The molecule has 16 heavy (non-hydrogen) atoms. The molecule has 0 aromatic carbocycles. The number of hydrogen-bond donors (Lipinski definition) is 1. The van der Waals surface area contributed by atoms with Crippen molar-refractivity contribution in [1.29, 1.82) is 0 Å². The van der Waals surface area contributed by atoms with Gasteiger partial charge in [0.25, 0.3) is 0 Å². The predicted octanol–water partition coefficient (Wildman–Crippen LogP) is 2.19. The van der Waals surface area contributed by atoms with Gasteiger partial charge in [0.15, 0.2) is 0 Å². The molecule has 1 rings (SSSR count). The Labute approximate surface area is 94.4 Å². The molecule has 0 saturated carbocycles. The number of hydrazone groups is 1. The summed E-state index contributed by atoms with van der Waals surface area (Å²) in [6.45, 7) is 5.35. The van der Waals surface area contributed by atoms with Crippen LogP contribution in [0.15, 0.2) is 29.6 Å². The van der Waals surface area contributed by atoms with E-state index >= 15 is 0 Å². The summed E-state index contributed by atoms with van der Waals surface area (Å²) in [5.41, 5.74) is 0.250. The molecule has 0 spiro atoms. The Balaban J connectivity index is 2.85. The molecule has 0 unspecified atom stereocenters. The van der Waals surface area contributed by atoms with Crippen molar-refractivity contribution in [2.75, 3.05) is 0 Å². The SMILES string of the molecule is CC(C)(C)N(N=Cc1ccncc1)C(=O)O. The Kier molecular flexibility index (Phi) is 3.60.